The van der Waals surface area contributed by atoms with E-state index >= 15 is 0 Å². The van der Waals surface area contributed by atoms with E-state index in [0.717, 1.165) is 37.8 Å². The number of alkyl halides is 3. The second-order valence-corrected chi connectivity index (χ2v) is 5.34. The van der Waals surface area contributed by atoms with Gasteiger partial charge in [0.05, 0.1) is 11.7 Å². The van der Waals surface area contributed by atoms with Crippen LogP contribution in [0.1, 0.15) is 38.2 Å². The molecule has 1 fully saturated rings. The van der Waals surface area contributed by atoms with E-state index in [4.69, 9.17) is 4.74 Å². The van der Waals surface area contributed by atoms with Crippen LogP contribution in [0.5, 0.6) is 0 Å². The second-order valence-electron chi connectivity index (χ2n) is 5.34. The van der Waals surface area contributed by atoms with Crippen molar-refractivity contribution in [1.82, 2.24) is 0 Å². The zero-order valence-electron chi connectivity index (χ0n) is 11.8. The molecule has 118 valence electrons. The first-order chi connectivity index (χ1) is 9.90. The smallest absolute Gasteiger partial charge is 0.382 e. The highest BCUT2D eigenvalue weighted by atomic mass is 19.4. The molecule has 1 aliphatic rings. The number of rotatable bonds is 4. The molecule has 2 atom stereocenters. The van der Waals surface area contributed by atoms with E-state index in [1.807, 2.05) is 0 Å². The highest BCUT2D eigenvalue weighted by Crippen LogP contribution is 2.33. The van der Waals surface area contributed by atoms with Gasteiger partial charge in [0.2, 0.25) is 0 Å². The molecule has 1 saturated heterocycles. The molecule has 0 aromatic heterocycles. The first kappa shape index (κ1) is 16.1. The molecule has 1 aromatic rings. The fourth-order valence-corrected chi connectivity index (χ4v) is 2.60. The molecule has 1 aromatic carbocycles. The zero-order valence-corrected chi connectivity index (χ0v) is 11.8. The molecule has 1 heterocycles. The van der Waals surface area contributed by atoms with Crippen molar-refractivity contribution in [2.24, 2.45) is 0 Å². The molecular weight excluding hydrogens is 286 g/mol. The molecule has 2 nitrogen and oxygen atoms in total. The number of anilines is 1. The summed E-state index contributed by atoms with van der Waals surface area (Å²) >= 11 is 0. The predicted octanol–water partition coefficient (Wildman–Crippen LogP) is 4.60. The van der Waals surface area contributed by atoms with Crippen molar-refractivity contribution in [1.29, 1.82) is 0 Å². The maximum Gasteiger partial charge on any atom is 0.419 e. The lowest BCUT2D eigenvalue weighted by atomic mass is 9.99. The number of ether oxygens (including phenoxy) is 1. The van der Waals surface area contributed by atoms with Gasteiger partial charge in [-0.25, -0.2) is 4.39 Å². The van der Waals surface area contributed by atoms with Gasteiger partial charge in [-0.3, -0.25) is 0 Å². The summed E-state index contributed by atoms with van der Waals surface area (Å²) in [6.07, 6.45) is -1.10. The second kappa shape index (κ2) is 6.64. The largest absolute Gasteiger partial charge is 0.419 e. The van der Waals surface area contributed by atoms with Crippen LogP contribution in [-0.2, 0) is 10.9 Å². The summed E-state index contributed by atoms with van der Waals surface area (Å²) in [4.78, 5) is 0. The molecule has 2 rings (SSSR count). The average molecular weight is 305 g/mol. The standard InChI is InChI=1S/C15H19F4NO/c1-2-3-12-8-11(6-7-21-12)20-10-4-5-14(16)13(9-10)15(17,18)19/h4-5,9,11-12,20H,2-3,6-8H2,1H3. The van der Waals surface area contributed by atoms with Crippen LogP contribution >= 0.6 is 0 Å². The first-order valence-corrected chi connectivity index (χ1v) is 7.15. The van der Waals surface area contributed by atoms with E-state index in [1.165, 1.54) is 6.07 Å². The van der Waals surface area contributed by atoms with Gasteiger partial charge in [0.25, 0.3) is 0 Å². The van der Waals surface area contributed by atoms with Gasteiger partial charge < -0.3 is 10.1 Å². The van der Waals surface area contributed by atoms with E-state index in [2.05, 4.69) is 12.2 Å². The summed E-state index contributed by atoms with van der Waals surface area (Å²) in [7, 11) is 0. The van der Waals surface area contributed by atoms with Crippen LogP contribution in [0.25, 0.3) is 0 Å². The van der Waals surface area contributed by atoms with E-state index < -0.39 is 17.6 Å². The van der Waals surface area contributed by atoms with Crippen LogP contribution in [-0.4, -0.2) is 18.8 Å². The van der Waals surface area contributed by atoms with Crippen molar-refractivity contribution in [3.63, 3.8) is 0 Å². The molecule has 1 aliphatic heterocycles. The molecule has 2 unspecified atom stereocenters. The first-order valence-electron chi connectivity index (χ1n) is 7.15. The van der Waals surface area contributed by atoms with Gasteiger partial charge in [-0.05, 0) is 37.5 Å². The summed E-state index contributed by atoms with van der Waals surface area (Å²) in [6, 6.07) is 3.09. The van der Waals surface area contributed by atoms with Gasteiger partial charge in [-0.2, -0.15) is 13.2 Å². The van der Waals surface area contributed by atoms with Gasteiger partial charge >= 0.3 is 6.18 Å². The monoisotopic (exact) mass is 305 g/mol. The Bertz CT molecular complexity index is 473. The summed E-state index contributed by atoms with van der Waals surface area (Å²) < 4.78 is 56.9. The SMILES string of the molecule is CCCC1CC(Nc2ccc(F)c(C(F)(F)F)c2)CCO1. The minimum atomic E-state index is -4.68. The summed E-state index contributed by atoms with van der Waals surface area (Å²) in [6.45, 7) is 2.66. The number of benzene rings is 1. The minimum absolute atomic E-state index is 0.0573. The maximum atomic E-state index is 13.2. The molecule has 0 amide bonds. The summed E-state index contributed by atoms with van der Waals surface area (Å²) in [5.41, 5.74) is -0.935. The molecule has 21 heavy (non-hydrogen) atoms. The van der Waals surface area contributed by atoms with Crippen LogP contribution in [0, 0.1) is 5.82 Å². The Balaban J connectivity index is 2.06. The molecule has 0 aliphatic carbocycles. The van der Waals surface area contributed by atoms with Crippen molar-refractivity contribution in [3.8, 4) is 0 Å². The highest BCUT2D eigenvalue weighted by molar-refractivity contribution is 5.48. The minimum Gasteiger partial charge on any atom is -0.382 e. The molecule has 0 saturated carbocycles. The highest BCUT2D eigenvalue weighted by Gasteiger charge is 2.34. The van der Waals surface area contributed by atoms with Crippen LogP contribution < -0.4 is 5.32 Å². The van der Waals surface area contributed by atoms with Gasteiger partial charge in [-0.1, -0.05) is 13.3 Å². The Kier molecular flexibility index (Phi) is 5.08. The van der Waals surface area contributed by atoms with Crippen molar-refractivity contribution in [3.05, 3.63) is 29.6 Å². The van der Waals surface area contributed by atoms with E-state index in [0.29, 0.717) is 12.3 Å². The zero-order chi connectivity index (χ0) is 15.5. The summed E-state index contributed by atoms with van der Waals surface area (Å²) in [5, 5.41) is 3.06. The number of hydrogen-bond donors (Lipinski definition) is 1. The lowest BCUT2D eigenvalue weighted by Crippen LogP contribution is -2.34. The quantitative estimate of drug-likeness (QED) is 0.821. The van der Waals surface area contributed by atoms with Crippen LogP contribution in [0.15, 0.2) is 18.2 Å². The third-order valence-electron chi connectivity index (χ3n) is 3.62. The third kappa shape index (κ3) is 4.33. The lowest BCUT2D eigenvalue weighted by Gasteiger charge is -2.30. The van der Waals surface area contributed by atoms with Crippen LogP contribution in [0.3, 0.4) is 0 Å². The Labute approximate surface area is 121 Å². The van der Waals surface area contributed by atoms with Crippen molar-refractivity contribution >= 4 is 5.69 Å². The van der Waals surface area contributed by atoms with Crippen molar-refractivity contribution in [2.45, 2.75) is 50.9 Å². The van der Waals surface area contributed by atoms with E-state index in [-0.39, 0.29) is 12.1 Å². The van der Waals surface area contributed by atoms with Crippen molar-refractivity contribution < 1.29 is 22.3 Å². The Morgan fingerprint density at radius 2 is 2.10 bits per heavy atom. The summed E-state index contributed by atoms with van der Waals surface area (Å²) in [5.74, 6) is -1.25. The number of hydrogen-bond acceptors (Lipinski definition) is 2. The molecule has 0 bridgehead atoms. The molecular formula is C15H19F4NO. The molecule has 0 spiro atoms. The van der Waals surface area contributed by atoms with Crippen molar-refractivity contribution in [2.75, 3.05) is 11.9 Å². The Morgan fingerprint density at radius 3 is 2.76 bits per heavy atom. The average Bonchev–Trinajstić information content (AvgIpc) is 2.40. The molecule has 0 radical (unpaired) electrons. The topological polar surface area (TPSA) is 21.3 Å². The normalized spacial score (nSPS) is 23.1. The van der Waals surface area contributed by atoms with Crippen LogP contribution in [0.2, 0.25) is 0 Å². The van der Waals surface area contributed by atoms with Gasteiger partial charge in [0, 0.05) is 18.3 Å². The van der Waals surface area contributed by atoms with Gasteiger partial charge in [-0.15, -0.1) is 0 Å². The molecule has 1 N–H and O–H groups in total. The van der Waals surface area contributed by atoms with Gasteiger partial charge in [0.1, 0.15) is 5.82 Å². The van der Waals surface area contributed by atoms with Crippen LogP contribution in [0.4, 0.5) is 23.2 Å². The lowest BCUT2D eigenvalue weighted by molar-refractivity contribution is -0.139. The van der Waals surface area contributed by atoms with E-state index in [1.54, 1.807) is 0 Å². The Hall–Kier alpha value is -1.30. The predicted molar refractivity (Wildman–Crippen MR) is 72.7 cm³/mol. The van der Waals surface area contributed by atoms with E-state index in [9.17, 15) is 17.6 Å². The number of halogens is 4. The van der Waals surface area contributed by atoms with Gasteiger partial charge in [0.15, 0.2) is 0 Å². The third-order valence-corrected chi connectivity index (χ3v) is 3.62. The molecule has 6 heteroatoms. The maximum absolute atomic E-state index is 13.2. The fourth-order valence-electron chi connectivity index (χ4n) is 2.60. The fraction of sp³-hybridized carbons (Fsp3) is 0.600. The Morgan fingerprint density at radius 1 is 1.33 bits per heavy atom. The number of nitrogens with one attached hydrogen (secondary N) is 1.